The van der Waals surface area contributed by atoms with Gasteiger partial charge in [-0.05, 0) is 31.0 Å². The third kappa shape index (κ3) is 5.97. The molecule has 1 aromatic heterocycles. The van der Waals surface area contributed by atoms with Crippen molar-refractivity contribution in [2.45, 2.75) is 31.7 Å². The van der Waals surface area contributed by atoms with Crippen LogP contribution in [0.1, 0.15) is 16.7 Å². The number of ether oxygens (including phenoxy) is 1. The van der Waals surface area contributed by atoms with Gasteiger partial charge in [0.2, 0.25) is 5.91 Å². The normalized spacial score (nSPS) is 16.8. The van der Waals surface area contributed by atoms with E-state index < -0.39 is 0 Å². The molecule has 1 saturated heterocycles. The van der Waals surface area contributed by atoms with Crippen LogP contribution < -0.4 is 5.32 Å². The van der Waals surface area contributed by atoms with Crippen LogP contribution in [0.15, 0.2) is 60.0 Å². The van der Waals surface area contributed by atoms with Crippen LogP contribution in [0.25, 0.3) is 5.69 Å². The molecule has 1 amide bonds. The van der Waals surface area contributed by atoms with Gasteiger partial charge in [-0.3, -0.25) is 14.3 Å². The number of nitrogens with one attached hydrogen (secondary N) is 1. The highest BCUT2D eigenvalue weighted by atomic mass is 32.2. The molecule has 3 aromatic rings. The van der Waals surface area contributed by atoms with Crippen LogP contribution in [-0.2, 0) is 16.1 Å². The molecule has 1 fully saturated rings. The van der Waals surface area contributed by atoms with E-state index in [9.17, 15) is 4.79 Å². The predicted molar refractivity (Wildman–Crippen MR) is 126 cm³/mol. The summed E-state index contributed by atoms with van der Waals surface area (Å²) < 4.78 is 7.79. The van der Waals surface area contributed by atoms with Crippen LogP contribution in [0.5, 0.6) is 0 Å². The highest BCUT2D eigenvalue weighted by Gasteiger charge is 2.21. The summed E-state index contributed by atoms with van der Waals surface area (Å²) in [4.78, 5) is 14.8. The first-order valence-electron chi connectivity index (χ1n) is 10.8. The van der Waals surface area contributed by atoms with Gasteiger partial charge in [0.1, 0.15) is 6.33 Å². The van der Waals surface area contributed by atoms with Gasteiger partial charge in [0.25, 0.3) is 0 Å². The maximum atomic E-state index is 12.5. The lowest BCUT2D eigenvalue weighted by Gasteiger charge is -2.33. The highest BCUT2D eigenvalue weighted by Crippen LogP contribution is 2.22. The van der Waals surface area contributed by atoms with Crippen LogP contribution in [0.3, 0.4) is 0 Å². The fourth-order valence-corrected chi connectivity index (χ4v) is 4.61. The molecule has 0 aliphatic carbocycles. The van der Waals surface area contributed by atoms with Crippen molar-refractivity contribution < 1.29 is 9.53 Å². The van der Waals surface area contributed by atoms with Crippen LogP contribution in [-0.4, -0.2) is 63.7 Å². The first-order chi connectivity index (χ1) is 15.6. The lowest BCUT2D eigenvalue weighted by Crippen LogP contribution is -2.47. The summed E-state index contributed by atoms with van der Waals surface area (Å²) in [6, 6.07) is 16.7. The molecule has 2 aromatic carbocycles. The van der Waals surface area contributed by atoms with Crippen molar-refractivity contribution >= 4 is 17.7 Å². The minimum atomic E-state index is -0.0334. The molecule has 4 rings (SSSR count). The number of aryl methyl sites for hydroxylation is 2. The summed E-state index contributed by atoms with van der Waals surface area (Å²) in [7, 11) is 0. The average molecular weight is 452 g/mol. The number of carbonyl (C=O) groups is 1. The number of morpholine rings is 1. The Morgan fingerprint density at radius 3 is 2.88 bits per heavy atom. The number of hydrogen-bond acceptors (Lipinski definition) is 6. The zero-order chi connectivity index (χ0) is 22.3. The fraction of sp³-hybridized carbons (Fsp3) is 0.375. The molecule has 0 spiro atoms. The molecule has 1 unspecified atom stereocenters. The molecule has 8 heteroatoms. The summed E-state index contributed by atoms with van der Waals surface area (Å²) in [5.41, 5.74) is 4.67. The maximum absolute atomic E-state index is 12.5. The van der Waals surface area contributed by atoms with Crippen molar-refractivity contribution in [2.75, 3.05) is 32.0 Å². The summed E-state index contributed by atoms with van der Waals surface area (Å²) in [5, 5.41) is 11.9. The SMILES string of the molecule is Cc1ccc(-n2cnnc2SCC(=O)NCC2CN(Cc3ccccc3)CCO2)c(C)c1. The smallest absolute Gasteiger partial charge is 0.230 e. The first-order valence-corrected chi connectivity index (χ1v) is 11.8. The van der Waals surface area contributed by atoms with Crippen molar-refractivity contribution in [3.8, 4) is 5.69 Å². The Labute approximate surface area is 193 Å². The minimum Gasteiger partial charge on any atom is -0.374 e. The van der Waals surface area contributed by atoms with Crippen LogP contribution in [0.4, 0.5) is 0 Å². The number of hydrogen-bond donors (Lipinski definition) is 1. The van der Waals surface area contributed by atoms with Gasteiger partial charge in [0, 0.05) is 26.2 Å². The van der Waals surface area contributed by atoms with Gasteiger partial charge < -0.3 is 10.1 Å². The Morgan fingerprint density at radius 2 is 2.06 bits per heavy atom. The second-order valence-electron chi connectivity index (χ2n) is 8.08. The van der Waals surface area contributed by atoms with Crippen LogP contribution in [0.2, 0.25) is 0 Å². The molecular formula is C24H29N5O2S. The largest absolute Gasteiger partial charge is 0.374 e. The minimum absolute atomic E-state index is 0.000253. The van der Waals surface area contributed by atoms with Crippen molar-refractivity contribution in [1.29, 1.82) is 0 Å². The molecular weight excluding hydrogens is 422 g/mol. The monoisotopic (exact) mass is 451 g/mol. The van der Waals surface area contributed by atoms with E-state index in [1.165, 1.54) is 22.9 Å². The van der Waals surface area contributed by atoms with E-state index in [4.69, 9.17) is 4.74 Å². The van der Waals surface area contributed by atoms with Gasteiger partial charge in [0.05, 0.1) is 24.2 Å². The molecule has 0 bridgehead atoms. The van der Waals surface area contributed by atoms with Gasteiger partial charge in [-0.15, -0.1) is 10.2 Å². The number of benzene rings is 2. The molecule has 1 atom stereocenters. The Balaban J connectivity index is 1.25. The third-order valence-corrected chi connectivity index (χ3v) is 6.40. The summed E-state index contributed by atoms with van der Waals surface area (Å²) >= 11 is 1.38. The molecule has 32 heavy (non-hydrogen) atoms. The topological polar surface area (TPSA) is 72.3 Å². The second kappa shape index (κ2) is 10.8. The number of carbonyl (C=O) groups excluding carboxylic acids is 1. The van der Waals surface area contributed by atoms with E-state index in [0.29, 0.717) is 18.3 Å². The van der Waals surface area contributed by atoms with Gasteiger partial charge >= 0.3 is 0 Å². The summed E-state index contributed by atoms with van der Waals surface area (Å²) in [6.45, 7) is 7.94. The van der Waals surface area contributed by atoms with Crippen molar-refractivity contribution in [2.24, 2.45) is 0 Å². The number of thioether (sulfide) groups is 1. The Hall–Kier alpha value is -2.68. The van der Waals surface area contributed by atoms with E-state index in [-0.39, 0.29) is 17.8 Å². The van der Waals surface area contributed by atoms with Crippen molar-refractivity contribution in [3.63, 3.8) is 0 Å². The van der Waals surface area contributed by atoms with Gasteiger partial charge in [-0.25, -0.2) is 0 Å². The van der Waals surface area contributed by atoms with E-state index in [0.717, 1.165) is 30.9 Å². The molecule has 168 valence electrons. The lowest BCUT2D eigenvalue weighted by molar-refractivity contribution is -0.119. The van der Waals surface area contributed by atoms with Gasteiger partial charge in [0.15, 0.2) is 5.16 Å². The molecule has 7 nitrogen and oxygen atoms in total. The Bertz CT molecular complexity index is 1040. The zero-order valence-electron chi connectivity index (χ0n) is 18.5. The molecule has 0 radical (unpaired) electrons. The van der Waals surface area contributed by atoms with Gasteiger partial charge in [-0.1, -0.05) is 59.8 Å². The van der Waals surface area contributed by atoms with Gasteiger partial charge in [-0.2, -0.15) is 0 Å². The maximum Gasteiger partial charge on any atom is 0.230 e. The molecule has 1 aliphatic heterocycles. The molecule has 0 saturated carbocycles. The molecule has 1 N–H and O–H groups in total. The fourth-order valence-electron chi connectivity index (χ4n) is 3.86. The van der Waals surface area contributed by atoms with Crippen LogP contribution in [0, 0.1) is 13.8 Å². The standard InChI is InChI=1S/C24H29N5O2S/c1-18-8-9-22(19(2)12-18)29-17-26-27-24(29)32-16-23(30)25-13-21-15-28(10-11-31-21)14-20-6-4-3-5-7-20/h3-9,12,17,21H,10-11,13-16H2,1-2H3,(H,25,30). The summed E-state index contributed by atoms with van der Waals surface area (Å²) in [6.07, 6.45) is 1.69. The number of nitrogens with zero attached hydrogens (tertiary/aromatic N) is 4. The van der Waals surface area contributed by atoms with Crippen molar-refractivity contribution in [3.05, 3.63) is 71.5 Å². The van der Waals surface area contributed by atoms with Crippen LogP contribution >= 0.6 is 11.8 Å². The first kappa shape index (κ1) is 22.5. The van der Waals surface area contributed by atoms with E-state index in [1.807, 2.05) is 10.6 Å². The van der Waals surface area contributed by atoms with E-state index >= 15 is 0 Å². The summed E-state index contributed by atoms with van der Waals surface area (Å²) in [5.74, 6) is 0.248. The Kier molecular flexibility index (Phi) is 7.57. The number of rotatable bonds is 8. The highest BCUT2D eigenvalue weighted by molar-refractivity contribution is 7.99. The average Bonchev–Trinajstić information content (AvgIpc) is 3.25. The lowest BCUT2D eigenvalue weighted by atomic mass is 10.1. The number of amides is 1. The second-order valence-corrected chi connectivity index (χ2v) is 9.02. The van der Waals surface area contributed by atoms with Crippen molar-refractivity contribution in [1.82, 2.24) is 25.0 Å². The van der Waals surface area contributed by atoms with E-state index in [1.54, 1.807) is 6.33 Å². The predicted octanol–water partition coefficient (Wildman–Crippen LogP) is 2.99. The third-order valence-electron chi connectivity index (χ3n) is 5.46. The Morgan fingerprint density at radius 1 is 1.22 bits per heavy atom. The van der Waals surface area contributed by atoms with E-state index in [2.05, 4.69) is 76.7 Å². The molecule has 2 heterocycles. The quantitative estimate of drug-likeness (QED) is 0.531. The zero-order valence-corrected chi connectivity index (χ0v) is 19.3. The molecule has 1 aliphatic rings. The number of aromatic nitrogens is 3.